The first-order valence-corrected chi connectivity index (χ1v) is 4.02. The topological polar surface area (TPSA) is 55.5 Å². The molecule has 0 bridgehead atoms. The van der Waals surface area contributed by atoms with Crippen molar-refractivity contribution in [3.63, 3.8) is 0 Å². The highest BCUT2D eigenvalue weighted by Gasteiger charge is 2.26. The molecule has 1 atom stereocenters. The van der Waals surface area contributed by atoms with Crippen LogP contribution in [0.2, 0.25) is 0 Å². The number of hydrogen-bond donors (Lipinski definition) is 1. The van der Waals surface area contributed by atoms with Gasteiger partial charge < -0.3 is 14.4 Å². The summed E-state index contributed by atoms with van der Waals surface area (Å²) in [6.45, 7) is 4.36. The second-order valence-corrected chi connectivity index (χ2v) is 3.81. The highest BCUT2D eigenvalue weighted by Crippen LogP contribution is 2.31. The molecule has 0 aromatic carbocycles. The molecule has 0 aliphatic rings. The molecule has 0 fully saturated rings. The number of hydrogen-bond acceptors (Lipinski definition) is 4. The molecule has 0 radical (unpaired) electrons. The first-order valence-electron chi connectivity index (χ1n) is 4.60. The van der Waals surface area contributed by atoms with Gasteiger partial charge in [0.1, 0.15) is 0 Å². The molecule has 13 heavy (non-hydrogen) atoms. The Kier molecular flexibility index (Phi) is 2.22. The monoisotopic (exact) mass is 187 g/mol. The van der Waals surface area contributed by atoms with Gasteiger partial charge in [-0.15, -0.1) is 0 Å². The van der Waals surface area contributed by atoms with Gasteiger partial charge in [0.15, 0.2) is 5.76 Å². The lowest BCUT2D eigenvalue weighted by Crippen LogP contribution is -2.12. The van der Waals surface area contributed by atoms with Gasteiger partial charge in [-0.05, 0) is 5.16 Å². The van der Waals surface area contributed by atoms with Gasteiger partial charge in [-0.25, -0.2) is 0 Å². The first kappa shape index (κ1) is 8.56. The van der Waals surface area contributed by atoms with Crippen molar-refractivity contribution in [1.29, 1.82) is 0 Å². The molecule has 4 nitrogen and oxygen atoms in total. The van der Waals surface area contributed by atoms with Crippen molar-refractivity contribution in [1.82, 2.24) is 5.16 Å². The maximum atomic E-state index is 9.26. The summed E-state index contributed by atoms with van der Waals surface area (Å²) in [5.74, 6) is 0.661. The van der Waals surface area contributed by atoms with Gasteiger partial charge in [0.2, 0.25) is 0 Å². The van der Waals surface area contributed by atoms with Crippen LogP contribution in [0, 0.1) is 0 Å². The number of aliphatic hydroxyl groups is 1. The Balaban J connectivity index is 3.25. The summed E-state index contributed by atoms with van der Waals surface area (Å²) in [6.07, 6.45) is 0. The van der Waals surface area contributed by atoms with Gasteiger partial charge in [-0.3, -0.25) is 0 Å². The summed E-state index contributed by atoms with van der Waals surface area (Å²) in [5.41, 5.74) is 0.00113. The van der Waals surface area contributed by atoms with Crippen molar-refractivity contribution >= 4 is 0 Å². The maximum absolute atomic E-state index is 9.26. The van der Waals surface area contributed by atoms with Crippen molar-refractivity contribution in [3.8, 4) is 5.88 Å². The number of aliphatic hydroxyl groups excluding tert-OH is 1. The Labute approximate surface area is 78.9 Å². The van der Waals surface area contributed by atoms with Crippen molar-refractivity contribution in [2.75, 3.05) is 7.11 Å². The Morgan fingerprint density at radius 1 is 1.62 bits per heavy atom. The van der Waals surface area contributed by atoms with Crippen LogP contribution in [0.4, 0.5) is 0 Å². The van der Waals surface area contributed by atoms with Crippen molar-refractivity contribution in [2.24, 2.45) is 0 Å². The highest BCUT2D eigenvalue weighted by atomic mass is 16.5. The van der Waals surface area contributed by atoms with E-state index in [9.17, 15) is 5.11 Å². The fourth-order valence-electron chi connectivity index (χ4n) is 1.08. The molecule has 0 aliphatic heterocycles. The van der Waals surface area contributed by atoms with Crippen LogP contribution in [0.25, 0.3) is 0 Å². The summed E-state index contributed by atoms with van der Waals surface area (Å²) in [7, 11) is 1.43. The van der Waals surface area contributed by atoms with Gasteiger partial charge in [0.05, 0.1) is 20.6 Å². The number of ether oxygens (including phenoxy) is 1. The fraction of sp³-hybridized carbons (Fsp3) is 0.667. The van der Waals surface area contributed by atoms with E-state index in [1.165, 1.54) is 7.11 Å². The molecule has 0 aliphatic carbocycles. The molecule has 0 saturated heterocycles. The molecule has 1 aromatic rings. The lowest BCUT2D eigenvalue weighted by atomic mass is 9.90. The molecule has 0 saturated carbocycles. The van der Waals surface area contributed by atoms with E-state index in [4.69, 9.17) is 10.6 Å². The molecule has 1 N–H and O–H groups in total. The van der Waals surface area contributed by atoms with E-state index in [1.807, 2.05) is 20.8 Å². The van der Waals surface area contributed by atoms with Crippen LogP contribution in [0.1, 0.15) is 33.5 Å². The maximum Gasteiger partial charge on any atom is 0.259 e. The zero-order valence-electron chi connectivity index (χ0n) is 9.29. The summed E-state index contributed by atoms with van der Waals surface area (Å²) < 4.78 is 17.2. The summed E-state index contributed by atoms with van der Waals surface area (Å²) in [6, 6.07) is 0. The van der Waals surface area contributed by atoms with Gasteiger partial charge in [-0.2, -0.15) is 0 Å². The zero-order valence-corrected chi connectivity index (χ0v) is 8.29. The minimum Gasteiger partial charge on any atom is -0.479 e. The average Bonchev–Trinajstić information content (AvgIpc) is 2.45. The number of methoxy groups -OCH3 is 1. The predicted molar refractivity (Wildman–Crippen MR) is 47.7 cm³/mol. The smallest absolute Gasteiger partial charge is 0.259 e. The molecule has 1 aromatic heterocycles. The second kappa shape index (κ2) is 3.38. The lowest BCUT2D eigenvalue weighted by molar-refractivity contribution is 0.267. The van der Waals surface area contributed by atoms with Gasteiger partial charge >= 0.3 is 0 Å². The van der Waals surface area contributed by atoms with Crippen molar-refractivity contribution < 1.29 is 15.7 Å². The van der Waals surface area contributed by atoms with Crippen LogP contribution in [-0.2, 0) is 12.0 Å². The Bertz CT molecular complexity index is 314. The number of nitrogens with zero attached hydrogens (tertiary/aromatic N) is 1. The lowest BCUT2D eigenvalue weighted by Gasteiger charge is -2.14. The van der Waals surface area contributed by atoms with Gasteiger partial charge in [0.25, 0.3) is 5.88 Å². The number of rotatable bonds is 2. The minimum absolute atomic E-state index is 0.178. The molecule has 1 heterocycles. The fourth-order valence-corrected chi connectivity index (χ4v) is 1.08. The van der Waals surface area contributed by atoms with Crippen LogP contribution in [0.5, 0.6) is 5.88 Å². The molecule has 1 unspecified atom stereocenters. The number of aromatic nitrogens is 1. The van der Waals surface area contributed by atoms with E-state index >= 15 is 0 Å². The van der Waals surface area contributed by atoms with E-state index in [2.05, 4.69) is 5.16 Å². The summed E-state index contributed by atoms with van der Waals surface area (Å²) >= 11 is 0. The average molecular weight is 187 g/mol. The second-order valence-electron chi connectivity index (χ2n) is 3.81. The Hall–Kier alpha value is -1.03. The largest absolute Gasteiger partial charge is 0.479 e. The van der Waals surface area contributed by atoms with Crippen LogP contribution < -0.4 is 4.74 Å². The molecule has 4 heteroatoms. The molecular weight excluding hydrogens is 170 g/mol. The molecule has 0 spiro atoms. The van der Waals surface area contributed by atoms with E-state index in [-0.39, 0.29) is 11.3 Å². The van der Waals surface area contributed by atoms with Crippen molar-refractivity contribution in [2.45, 2.75) is 32.8 Å². The van der Waals surface area contributed by atoms with E-state index < -0.39 is 6.58 Å². The standard InChI is InChI=1S/C9H15NO3/c1-9(2,3)7-6(5-11)8(12-4)10-13-7/h11H,5H2,1-4H3/i5T. The van der Waals surface area contributed by atoms with E-state index in [1.54, 1.807) is 0 Å². The van der Waals surface area contributed by atoms with Gasteiger partial charge in [-0.1, -0.05) is 20.8 Å². The third-order valence-corrected chi connectivity index (χ3v) is 1.70. The summed E-state index contributed by atoms with van der Waals surface area (Å²) in [4.78, 5) is 0. The highest BCUT2D eigenvalue weighted by molar-refractivity contribution is 5.31. The molecular formula is C9H15NO3. The third kappa shape index (κ3) is 1.83. The van der Waals surface area contributed by atoms with Crippen LogP contribution in [0.3, 0.4) is 0 Å². The van der Waals surface area contributed by atoms with E-state index in [0.29, 0.717) is 11.3 Å². The van der Waals surface area contributed by atoms with Crippen LogP contribution >= 0.6 is 0 Å². The third-order valence-electron chi connectivity index (χ3n) is 1.70. The first-order chi connectivity index (χ1) is 6.38. The zero-order chi connectivity index (χ0) is 10.9. The van der Waals surface area contributed by atoms with Crippen LogP contribution in [0.15, 0.2) is 4.52 Å². The Morgan fingerprint density at radius 3 is 2.62 bits per heavy atom. The van der Waals surface area contributed by atoms with Gasteiger partial charge in [0, 0.05) is 5.41 Å². The molecule has 1 rings (SSSR count). The minimum atomic E-state index is -1.38. The Morgan fingerprint density at radius 2 is 2.23 bits per heavy atom. The summed E-state index contributed by atoms with van der Waals surface area (Å²) in [5, 5.41) is 12.9. The van der Waals surface area contributed by atoms with Crippen LogP contribution in [-0.4, -0.2) is 17.4 Å². The normalized spacial score (nSPS) is 15.3. The predicted octanol–water partition coefficient (Wildman–Crippen LogP) is 1.47. The van der Waals surface area contributed by atoms with Crippen molar-refractivity contribution in [3.05, 3.63) is 11.3 Å². The molecule has 74 valence electrons. The quantitative estimate of drug-likeness (QED) is 0.761. The SMILES string of the molecule is [3H]C(O)c1c(OC)noc1C(C)(C)C. The molecule has 0 amide bonds. The van der Waals surface area contributed by atoms with E-state index in [0.717, 1.165) is 0 Å².